The van der Waals surface area contributed by atoms with E-state index in [-0.39, 0.29) is 5.91 Å². The van der Waals surface area contributed by atoms with Crippen LogP contribution < -0.4 is 14.8 Å². The Bertz CT molecular complexity index is 992. The number of nitrogens with one attached hydrogen (secondary N) is 1. The zero-order valence-electron chi connectivity index (χ0n) is 16.7. The van der Waals surface area contributed by atoms with Crippen molar-refractivity contribution in [3.05, 3.63) is 53.6 Å². The lowest BCUT2D eigenvalue weighted by Gasteiger charge is -2.14. The molecule has 0 unspecified atom stereocenters. The number of hydrogen-bond donors (Lipinski definition) is 1. The number of aryl methyl sites for hydroxylation is 1. The first-order valence-electron chi connectivity index (χ1n) is 9.03. The fourth-order valence-electron chi connectivity index (χ4n) is 2.76. The average molecular weight is 414 g/mol. The number of aromatic nitrogens is 4. The smallest absolute Gasteiger partial charge is 0.233 e. The predicted octanol–water partition coefficient (Wildman–Crippen LogP) is 2.78. The van der Waals surface area contributed by atoms with Gasteiger partial charge >= 0.3 is 0 Å². The summed E-state index contributed by atoms with van der Waals surface area (Å²) in [6.45, 7) is 4.17. The van der Waals surface area contributed by atoms with Crippen LogP contribution in [0.1, 0.15) is 18.1 Å². The number of thioether (sulfide) groups is 1. The fourth-order valence-corrected chi connectivity index (χ4v) is 3.58. The van der Waals surface area contributed by atoms with E-state index in [0.29, 0.717) is 17.5 Å². The van der Waals surface area contributed by atoms with Crippen molar-refractivity contribution < 1.29 is 14.3 Å². The van der Waals surface area contributed by atoms with E-state index in [1.807, 2.05) is 56.3 Å². The van der Waals surface area contributed by atoms with Crippen molar-refractivity contribution in [3.8, 4) is 17.2 Å². The van der Waals surface area contributed by atoms with Gasteiger partial charge in [0, 0.05) is 12.1 Å². The predicted molar refractivity (Wildman–Crippen MR) is 111 cm³/mol. The molecule has 3 aromatic rings. The minimum absolute atomic E-state index is 0.119. The Balaban J connectivity index is 1.70. The molecule has 0 aliphatic heterocycles. The van der Waals surface area contributed by atoms with E-state index >= 15 is 0 Å². The molecule has 1 heterocycles. The van der Waals surface area contributed by atoms with Gasteiger partial charge < -0.3 is 14.8 Å². The first-order chi connectivity index (χ1) is 14.0. The van der Waals surface area contributed by atoms with E-state index in [4.69, 9.17) is 9.47 Å². The van der Waals surface area contributed by atoms with E-state index in [1.165, 1.54) is 11.8 Å². The summed E-state index contributed by atoms with van der Waals surface area (Å²) in [4.78, 5) is 12.6. The molecule has 0 spiro atoms. The molecule has 0 aliphatic rings. The van der Waals surface area contributed by atoms with Crippen LogP contribution >= 0.6 is 11.8 Å². The van der Waals surface area contributed by atoms with Gasteiger partial charge in [0.05, 0.1) is 19.5 Å². The van der Waals surface area contributed by atoms with Gasteiger partial charge in [-0.1, -0.05) is 36.0 Å². The van der Waals surface area contributed by atoms with Gasteiger partial charge in [0.25, 0.3) is 0 Å². The quantitative estimate of drug-likeness (QED) is 0.568. The molecule has 1 amide bonds. The van der Waals surface area contributed by atoms with E-state index in [1.54, 1.807) is 18.9 Å². The summed E-state index contributed by atoms with van der Waals surface area (Å²) in [6.07, 6.45) is 0. The first-order valence-corrected chi connectivity index (χ1v) is 9.91. The summed E-state index contributed by atoms with van der Waals surface area (Å²) in [5, 5.41) is 15.0. The van der Waals surface area contributed by atoms with Crippen molar-refractivity contribution in [1.29, 1.82) is 0 Å². The number of benzene rings is 2. The Morgan fingerprint density at radius 1 is 1.17 bits per heavy atom. The van der Waals surface area contributed by atoms with Crippen LogP contribution in [0.2, 0.25) is 0 Å². The van der Waals surface area contributed by atoms with Gasteiger partial charge in [0.2, 0.25) is 11.1 Å². The second-order valence-electron chi connectivity index (χ2n) is 6.34. The van der Waals surface area contributed by atoms with E-state index in [9.17, 15) is 4.79 Å². The Labute approximate surface area is 173 Å². The Kier molecular flexibility index (Phi) is 6.71. The van der Waals surface area contributed by atoms with Crippen molar-refractivity contribution in [1.82, 2.24) is 25.5 Å². The highest BCUT2D eigenvalue weighted by Crippen LogP contribution is 2.28. The second kappa shape index (κ2) is 9.42. The van der Waals surface area contributed by atoms with Gasteiger partial charge in [-0.25, -0.2) is 0 Å². The van der Waals surface area contributed by atoms with Crippen LogP contribution in [0.25, 0.3) is 5.69 Å². The number of hydrogen-bond acceptors (Lipinski definition) is 7. The van der Waals surface area contributed by atoms with Crippen LogP contribution in [0.5, 0.6) is 11.5 Å². The first kappa shape index (κ1) is 20.7. The Hall–Kier alpha value is -3.07. The van der Waals surface area contributed by atoms with Crippen molar-refractivity contribution in [3.63, 3.8) is 0 Å². The molecule has 0 bridgehead atoms. The van der Waals surface area contributed by atoms with Crippen LogP contribution in [-0.4, -0.2) is 45.6 Å². The van der Waals surface area contributed by atoms with Crippen LogP contribution in [-0.2, 0) is 11.3 Å². The molecular weight excluding hydrogens is 390 g/mol. The van der Waals surface area contributed by atoms with Crippen LogP contribution in [0, 0.1) is 6.92 Å². The number of methoxy groups -OCH3 is 2. The number of carbonyl (C=O) groups is 1. The SMILES string of the molecule is COc1ccccc1CNC(=O)[C@H](C)Sc1nnnn1-c1cc(C)ccc1OC. The normalized spacial score (nSPS) is 11.7. The van der Waals surface area contributed by atoms with Crippen LogP contribution in [0.3, 0.4) is 0 Å². The number of amides is 1. The second-order valence-corrected chi connectivity index (χ2v) is 7.65. The molecule has 0 fully saturated rings. The standard InChI is InChI=1S/C20H23N5O3S/c1-13-9-10-18(28-4)16(11-13)25-20(22-23-24-25)29-14(2)19(26)21-12-15-7-5-6-8-17(15)27-3/h5-11,14H,12H2,1-4H3,(H,21,26)/t14-/m0/s1. The van der Waals surface area contributed by atoms with Crippen molar-refractivity contribution >= 4 is 17.7 Å². The van der Waals surface area contributed by atoms with Gasteiger partial charge in [0.15, 0.2) is 0 Å². The fraction of sp³-hybridized carbons (Fsp3) is 0.300. The number of ether oxygens (including phenoxy) is 2. The number of nitrogens with zero attached hydrogens (tertiary/aromatic N) is 4. The van der Waals surface area contributed by atoms with Crippen molar-refractivity contribution in [2.24, 2.45) is 0 Å². The summed E-state index contributed by atoms with van der Waals surface area (Å²) >= 11 is 1.28. The lowest BCUT2D eigenvalue weighted by molar-refractivity contribution is -0.120. The number of carbonyl (C=O) groups excluding carboxylic acids is 1. The molecule has 1 atom stereocenters. The largest absolute Gasteiger partial charge is 0.496 e. The zero-order chi connectivity index (χ0) is 20.8. The third-order valence-electron chi connectivity index (χ3n) is 4.30. The monoisotopic (exact) mass is 413 g/mol. The van der Waals surface area contributed by atoms with Gasteiger partial charge in [0.1, 0.15) is 17.2 Å². The third-order valence-corrected chi connectivity index (χ3v) is 5.33. The van der Waals surface area contributed by atoms with Crippen LogP contribution in [0.4, 0.5) is 0 Å². The summed E-state index contributed by atoms with van der Waals surface area (Å²) < 4.78 is 12.3. The topological polar surface area (TPSA) is 91.2 Å². The third kappa shape index (κ3) is 4.86. The van der Waals surface area contributed by atoms with E-state index in [0.717, 1.165) is 22.6 Å². The summed E-state index contributed by atoms with van der Waals surface area (Å²) in [5.41, 5.74) is 2.69. The van der Waals surface area contributed by atoms with Gasteiger partial charge in [-0.2, -0.15) is 4.68 Å². The minimum atomic E-state index is -0.398. The van der Waals surface area contributed by atoms with Gasteiger partial charge in [-0.15, -0.1) is 5.10 Å². The molecule has 0 saturated heterocycles. The maximum absolute atomic E-state index is 12.6. The maximum atomic E-state index is 12.6. The molecule has 3 rings (SSSR count). The molecule has 152 valence electrons. The molecule has 9 heteroatoms. The molecule has 29 heavy (non-hydrogen) atoms. The maximum Gasteiger partial charge on any atom is 0.233 e. The lowest BCUT2D eigenvalue weighted by atomic mass is 10.2. The molecule has 1 aromatic heterocycles. The van der Waals surface area contributed by atoms with E-state index in [2.05, 4.69) is 20.8 Å². The van der Waals surface area contributed by atoms with Crippen molar-refractivity contribution in [2.45, 2.75) is 30.8 Å². The molecule has 8 nitrogen and oxygen atoms in total. The zero-order valence-corrected chi connectivity index (χ0v) is 17.6. The van der Waals surface area contributed by atoms with E-state index < -0.39 is 5.25 Å². The molecule has 0 aliphatic carbocycles. The summed E-state index contributed by atoms with van der Waals surface area (Å²) in [6, 6.07) is 13.3. The average Bonchev–Trinajstić information content (AvgIpc) is 3.19. The summed E-state index contributed by atoms with van der Waals surface area (Å²) in [7, 11) is 3.21. The number of tetrazole rings is 1. The molecule has 0 radical (unpaired) electrons. The molecular formula is C20H23N5O3S. The van der Waals surface area contributed by atoms with Crippen molar-refractivity contribution in [2.75, 3.05) is 14.2 Å². The Morgan fingerprint density at radius 2 is 1.93 bits per heavy atom. The van der Waals surface area contributed by atoms with Gasteiger partial charge in [-0.3, -0.25) is 4.79 Å². The summed E-state index contributed by atoms with van der Waals surface area (Å²) in [5.74, 6) is 1.27. The Morgan fingerprint density at radius 3 is 2.69 bits per heavy atom. The lowest BCUT2D eigenvalue weighted by Crippen LogP contribution is -2.30. The minimum Gasteiger partial charge on any atom is -0.496 e. The highest BCUT2D eigenvalue weighted by Gasteiger charge is 2.21. The highest BCUT2D eigenvalue weighted by molar-refractivity contribution is 8.00. The number of rotatable bonds is 8. The highest BCUT2D eigenvalue weighted by atomic mass is 32.2. The van der Waals surface area contributed by atoms with Gasteiger partial charge in [-0.05, 0) is 48.0 Å². The molecule has 2 aromatic carbocycles. The van der Waals surface area contributed by atoms with Crippen LogP contribution in [0.15, 0.2) is 47.6 Å². The molecule has 0 saturated carbocycles. The number of para-hydroxylation sites is 1. The molecule has 1 N–H and O–H groups in total.